The van der Waals surface area contributed by atoms with Crippen LogP contribution >= 0.6 is 28.7 Å². The third kappa shape index (κ3) is 1.06. The lowest BCUT2D eigenvalue weighted by molar-refractivity contribution is 1.18. The number of thiol groups is 1. The van der Waals surface area contributed by atoms with E-state index in [1.54, 1.807) is 10.2 Å². The van der Waals surface area contributed by atoms with Crippen molar-refractivity contribution < 1.29 is 0 Å². The zero-order chi connectivity index (χ0) is 8.72. The Bertz CT molecular complexity index is 436. The molecule has 0 aromatic carbocycles. The smallest absolute Gasteiger partial charge is 0.151 e. The molecule has 12 heavy (non-hydrogen) atoms. The van der Waals surface area contributed by atoms with Gasteiger partial charge in [-0.25, -0.2) is 4.98 Å². The molecule has 0 aliphatic carbocycles. The lowest BCUT2D eigenvalue weighted by atomic mass is 10.3. The standard InChI is InChI=1S/C8H7BrN2S/c1-5-4-6-7(9)2-3-10-8(6)11(5)12/h2-4,12H,1H3. The molecule has 62 valence electrons. The molecule has 2 aromatic heterocycles. The van der Waals surface area contributed by atoms with Gasteiger partial charge in [0, 0.05) is 21.7 Å². The summed E-state index contributed by atoms with van der Waals surface area (Å²) in [5, 5.41) is 1.10. The van der Waals surface area contributed by atoms with Crippen LogP contribution in [-0.4, -0.2) is 8.96 Å². The normalized spacial score (nSPS) is 10.9. The van der Waals surface area contributed by atoms with E-state index < -0.39 is 0 Å². The Morgan fingerprint density at radius 3 is 3.00 bits per heavy atom. The molecule has 0 aliphatic rings. The van der Waals surface area contributed by atoms with Gasteiger partial charge < -0.3 is 0 Å². The van der Waals surface area contributed by atoms with Crippen LogP contribution in [0.25, 0.3) is 11.0 Å². The predicted molar refractivity (Wildman–Crippen MR) is 56.6 cm³/mol. The van der Waals surface area contributed by atoms with Crippen LogP contribution in [0.2, 0.25) is 0 Å². The fourth-order valence-corrected chi connectivity index (χ4v) is 1.81. The minimum atomic E-state index is 0.894. The number of fused-ring (bicyclic) bond motifs is 1. The maximum atomic E-state index is 4.30. The zero-order valence-electron chi connectivity index (χ0n) is 6.45. The second-order valence-electron chi connectivity index (χ2n) is 2.63. The minimum Gasteiger partial charge on any atom is -0.275 e. The van der Waals surface area contributed by atoms with Gasteiger partial charge in [-0.2, -0.15) is 0 Å². The van der Waals surface area contributed by atoms with E-state index in [-0.39, 0.29) is 0 Å². The van der Waals surface area contributed by atoms with E-state index in [2.05, 4.69) is 39.8 Å². The van der Waals surface area contributed by atoms with Crippen molar-refractivity contribution in [2.45, 2.75) is 6.92 Å². The molecule has 2 heterocycles. The van der Waals surface area contributed by atoms with Gasteiger partial charge in [-0.15, -0.1) is 0 Å². The second-order valence-corrected chi connectivity index (χ2v) is 3.88. The Kier molecular flexibility index (Phi) is 1.88. The van der Waals surface area contributed by atoms with Crippen LogP contribution in [0.5, 0.6) is 0 Å². The largest absolute Gasteiger partial charge is 0.275 e. The number of rotatable bonds is 0. The molecule has 2 nitrogen and oxygen atoms in total. The Balaban J connectivity index is 2.95. The van der Waals surface area contributed by atoms with Crippen LogP contribution in [0.3, 0.4) is 0 Å². The number of hydrogen-bond acceptors (Lipinski definition) is 2. The summed E-state index contributed by atoms with van der Waals surface area (Å²) < 4.78 is 2.84. The predicted octanol–water partition coefficient (Wildman–Crippen LogP) is 2.80. The molecule has 0 bridgehead atoms. The van der Waals surface area contributed by atoms with Crippen molar-refractivity contribution in [3.63, 3.8) is 0 Å². The molecule has 2 rings (SSSR count). The Labute approximate surface area is 84.3 Å². The monoisotopic (exact) mass is 242 g/mol. The summed E-state index contributed by atoms with van der Waals surface area (Å²) >= 11 is 7.75. The van der Waals surface area contributed by atoms with E-state index in [0.29, 0.717) is 0 Å². The maximum absolute atomic E-state index is 4.30. The molecule has 0 spiro atoms. The molecule has 0 radical (unpaired) electrons. The highest BCUT2D eigenvalue weighted by molar-refractivity contribution is 9.10. The average Bonchev–Trinajstić information content (AvgIpc) is 2.32. The van der Waals surface area contributed by atoms with Crippen molar-refractivity contribution in [2.24, 2.45) is 0 Å². The molecule has 2 aromatic rings. The lowest BCUT2D eigenvalue weighted by Gasteiger charge is -1.95. The SMILES string of the molecule is Cc1cc2c(Br)ccnc2n1S. The van der Waals surface area contributed by atoms with Crippen LogP contribution in [0.4, 0.5) is 0 Å². The van der Waals surface area contributed by atoms with Gasteiger partial charge in [0.15, 0.2) is 5.65 Å². The minimum absolute atomic E-state index is 0.894. The van der Waals surface area contributed by atoms with E-state index in [1.807, 2.05) is 13.0 Å². The van der Waals surface area contributed by atoms with Crippen molar-refractivity contribution in [1.82, 2.24) is 8.96 Å². The van der Waals surface area contributed by atoms with Crippen LogP contribution in [0, 0.1) is 6.92 Å². The highest BCUT2D eigenvalue weighted by atomic mass is 79.9. The topological polar surface area (TPSA) is 17.8 Å². The molecule has 0 unspecified atom stereocenters. The van der Waals surface area contributed by atoms with Gasteiger partial charge in [-0.05, 0) is 35.0 Å². The van der Waals surface area contributed by atoms with Gasteiger partial charge >= 0.3 is 0 Å². The van der Waals surface area contributed by atoms with Crippen molar-refractivity contribution in [1.29, 1.82) is 0 Å². The first-order valence-corrected chi connectivity index (χ1v) is 4.71. The average molecular weight is 243 g/mol. The number of halogens is 1. The summed E-state index contributed by atoms with van der Waals surface area (Å²) in [6.07, 6.45) is 1.76. The molecule has 0 fully saturated rings. The van der Waals surface area contributed by atoms with Gasteiger partial charge in [0.1, 0.15) is 0 Å². The number of aromatic nitrogens is 2. The molecule has 0 saturated carbocycles. The van der Waals surface area contributed by atoms with Crippen LogP contribution in [0.15, 0.2) is 22.8 Å². The number of aryl methyl sites for hydroxylation is 1. The van der Waals surface area contributed by atoms with E-state index in [9.17, 15) is 0 Å². The molecular weight excluding hydrogens is 236 g/mol. The Morgan fingerprint density at radius 2 is 2.33 bits per heavy atom. The maximum Gasteiger partial charge on any atom is 0.151 e. The summed E-state index contributed by atoms with van der Waals surface area (Å²) in [6, 6.07) is 3.98. The first-order valence-electron chi connectivity index (χ1n) is 3.52. The highest BCUT2D eigenvalue weighted by Crippen LogP contribution is 2.25. The molecular formula is C8H7BrN2S. The molecule has 0 aliphatic heterocycles. The van der Waals surface area contributed by atoms with E-state index >= 15 is 0 Å². The zero-order valence-corrected chi connectivity index (χ0v) is 8.93. The van der Waals surface area contributed by atoms with Crippen molar-refractivity contribution >= 4 is 39.8 Å². The van der Waals surface area contributed by atoms with E-state index in [0.717, 1.165) is 21.2 Å². The van der Waals surface area contributed by atoms with Crippen LogP contribution < -0.4 is 0 Å². The number of pyridine rings is 1. The fourth-order valence-electron chi connectivity index (χ4n) is 1.18. The van der Waals surface area contributed by atoms with Crippen molar-refractivity contribution in [3.05, 3.63) is 28.5 Å². The second kappa shape index (κ2) is 2.78. The number of nitrogens with zero attached hydrogens (tertiary/aromatic N) is 2. The summed E-state index contributed by atoms with van der Waals surface area (Å²) in [4.78, 5) is 4.22. The van der Waals surface area contributed by atoms with Crippen molar-refractivity contribution in [3.8, 4) is 0 Å². The van der Waals surface area contributed by atoms with Gasteiger partial charge in [-0.3, -0.25) is 3.97 Å². The summed E-state index contributed by atoms with van der Waals surface area (Å²) in [5.41, 5.74) is 1.98. The van der Waals surface area contributed by atoms with Gasteiger partial charge in [0.25, 0.3) is 0 Å². The van der Waals surface area contributed by atoms with Crippen LogP contribution in [-0.2, 0) is 0 Å². The number of hydrogen-bond donors (Lipinski definition) is 1. The van der Waals surface area contributed by atoms with Crippen LogP contribution in [0.1, 0.15) is 5.69 Å². The van der Waals surface area contributed by atoms with Crippen molar-refractivity contribution in [2.75, 3.05) is 0 Å². The fraction of sp³-hybridized carbons (Fsp3) is 0.125. The molecule has 0 amide bonds. The molecule has 0 N–H and O–H groups in total. The Morgan fingerprint density at radius 1 is 1.58 bits per heavy atom. The third-order valence-corrected chi connectivity index (χ3v) is 3.00. The summed E-state index contributed by atoms with van der Waals surface area (Å²) in [5.74, 6) is 0. The first kappa shape index (κ1) is 8.13. The molecule has 0 saturated heterocycles. The van der Waals surface area contributed by atoms with Gasteiger partial charge in [0.05, 0.1) is 0 Å². The summed E-state index contributed by atoms with van der Waals surface area (Å²) in [7, 11) is 0. The van der Waals surface area contributed by atoms with E-state index in [4.69, 9.17) is 0 Å². The third-order valence-electron chi connectivity index (χ3n) is 1.80. The Hall–Kier alpha value is -0.480. The first-order chi connectivity index (χ1) is 5.70. The summed E-state index contributed by atoms with van der Waals surface area (Å²) in [6.45, 7) is 2.00. The quantitative estimate of drug-likeness (QED) is 0.704. The highest BCUT2D eigenvalue weighted by Gasteiger charge is 2.05. The van der Waals surface area contributed by atoms with Gasteiger partial charge in [0.2, 0.25) is 0 Å². The molecule has 4 heteroatoms. The van der Waals surface area contributed by atoms with E-state index in [1.165, 1.54) is 0 Å². The lowest BCUT2D eigenvalue weighted by Crippen LogP contribution is -1.84. The molecule has 0 atom stereocenters. The van der Waals surface area contributed by atoms with Gasteiger partial charge in [-0.1, -0.05) is 12.8 Å².